The number of halogens is 4. The molecule has 2 aromatic heterocycles. The Balaban J connectivity index is 1.26. The van der Waals surface area contributed by atoms with E-state index in [1.54, 1.807) is 6.92 Å². The number of alkyl halides is 3. The van der Waals surface area contributed by atoms with Crippen LogP contribution in [0, 0.1) is 5.82 Å². The Hall–Kier alpha value is -2.90. The van der Waals surface area contributed by atoms with Crippen LogP contribution < -0.4 is 10.6 Å². The maximum absolute atomic E-state index is 15.3. The lowest BCUT2D eigenvalue weighted by Crippen LogP contribution is -2.48. The van der Waals surface area contributed by atoms with Crippen molar-refractivity contribution >= 4 is 22.9 Å². The second-order valence-electron chi connectivity index (χ2n) is 10.7. The molecule has 4 aliphatic rings. The van der Waals surface area contributed by atoms with Crippen LogP contribution in [0.5, 0.6) is 0 Å². The number of fused-ring (bicyclic) bond motifs is 1. The Morgan fingerprint density at radius 2 is 2.05 bits per heavy atom. The first-order chi connectivity index (χ1) is 18.2. The lowest BCUT2D eigenvalue weighted by atomic mass is 9.94. The van der Waals surface area contributed by atoms with Gasteiger partial charge in [-0.3, -0.25) is 14.9 Å². The highest BCUT2D eigenvalue weighted by molar-refractivity contribution is 6.07. The van der Waals surface area contributed by atoms with Crippen LogP contribution in [0.25, 0.3) is 5.52 Å². The maximum Gasteiger partial charge on any atom is 0.250 e. The van der Waals surface area contributed by atoms with Crippen LogP contribution in [0.1, 0.15) is 38.7 Å². The minimum absolute atomic E-state index is 0.198. The second-order valence-corrected chi connectivity index (χ2v) is 10.7. The molecular formula is C25H30F4N8O. The summed E-state index contributed by atoms with van der Waals surface area (Å²) in [6, 6.07) is -0.720. The van der Waals surface area contributed by atoms with Gasteiger partial charge in [-0.05, 0) is 26.7 Å². The van der Waals surface area contributed by atoms with Crippen molar-refractivity contribution in [2.75, 3.05) is 38.2 Å². The summed E-state index contributed by atoms with van der Waals surface area (Å²) < 4.78 is 62.9. The van der Waals surface area contributed by atoms with E-state index in [4.69, 9.17) is 9.73 Å². The quantitative estimate of drug-likeness (QED) is 0.531. The van der Waals surface area contributed by atoms with Crippen molar-refractivity contribution < 1.29 is 22.3 Å². The zero-order valence-corrected chi connectivity index (χ0v) is 21.2. The third-order valence-electron chi connectivity index (χ3n) is 7.70. The minimum atomic E-state index is -2.49. The van der Waals surface area contributed by atoms with E-state index in [-0.39, 0.29) is 24.1 Å². The summed E-state index contributed by atoms with van der Waals surface area (Å²) in [7, 11) is 0. The van der Waals surface area contributed by atoms with Gasteiger partial charge in [0.25, 0.3) is 6.43 Å². The molecule has 2 unspecified atom stereocenters. The first kappa shape index (κ1) is 25.4. The van der Waals surface area contributed by atoms with E-state index >= 15 is 8.78 Å². The summed E-state index contributed by atoms with van der Waals surface area (Å²) in [4.78, 5) is 15.7. The second kappa shape index (κ2) is 9.69. The SMILES string of the molecule is CC1=NC2=C(N=C(c3c(F)cn4nc(N[C@@H]5CN(C6COC6)CC5(C)F)ncc34)CC2)C(NCC(F)F)C1. The van der Waals surface area contributed by atoms with Crippen molar-refractivity contribution in [3.8, 4) is 0 Å². The highest BCUT2D eigenvalue weighted by atomic mass is 19.3. The van der Waals surface area contributed by atoms with Crippen molar-refractivity contribution in [3.63, 3.8) is 0 Å². The molecule has 0 aromatic carbocycles. The number of ether oxygens (including phenoxy) is 1. The van der Waals surface area contributed by atoms with Crippen molar-refractivity contribution in [1.29, 1.82) is 0 Å². The van der Waals surface area contributed by atoms with Crippen molar-refractivity contribution in [3.05, 3.63) is 35.2 Å². The van der Waals surface area contributed by atoms with E-state index in [1.807, 2.05) is 6.92 Å². The molecule has 9 nitrogen and oxygen atoms in total. The van der Waals surface area contributed by atoms with E-state index in [2.05, 4.69) is 30.6 Å². The molecule has 0 aliphatic carbocycles. The van der Waals surface area contributed by atoms with E-state index in [0.717, 1.165) is 11.4 Å². The number of hydrogen-bond acceptors (Lipinski definition) is 8. The Bertz CT molecular complexity index is 1330. The number of nitrogens with zero attached hydrogens (tertiary/aromatic N) is 6. The van der Waals surface area contributed by atoms with Gasteiger partial charge in [-0.25, -0.2) is 27.1 Å². The number of rotatable bonds is 7. The third kappa shape index (κ3) is 4.71. The molecule has 0 bridgehead atoms. The van der Waals surface area contributed by atoms with Crippen LogP contribution >= 0.6 is 0 Å². The molecule has 2 aromatic rings. The predicted molar refractivity (Wildman–Crippen MR) is 134 cm³/mol. The number of aromatic nitrogens is 3. The summed E-state index contributed by atoms with van der Waals surface area (Å²) in [6.45, 7) is 4.95. The fourth-order valence-electron chi connectivity index (χ4n) is 5.62. The van der Waals surface area contributed by atoms with E-state index in [9.17, 15) is 8.78 Å². The minimum Gasteiger partial charge on any atom is -0.378 e. The third-order valence-corrected chi connectivity index (χ3v) is 7.70. The van der Waals surface area contributed by atoms with Gasteiger partial charge in [-0.1, -0.05) is 0 Å². The van der Waals surface area contributed by atoms with Gasteiger partial charge in [0.2, 0.25) is 5.95 Å². The molecule has 2 N–H and O–H groups in total. The van der Waals surface area contributed by atoms with Gasteiger partial charge < -0.3 is 15.4 Å². The molecule has 0 radical (unpaired) electrons. The summed E-state index contributed by atoms with van der Waals surface area (Å²) in [5.74, 6) is -0.317. The molecule has 2 saturated heterocycles. The predicted octanol–water partition coefficient (Wildman–Crippen LogP) is 2.97. The van der Waals surface area contributed by atoms with Crippen molar-refractivity contribution in [1.82, 2.24) is 24.8 Å². The zero-order valence-electron chi connectivity index (χ0n) is 21.2. The molecule has 0 saturated carbocycles. The zero-order chi connectivity index (χ0) is 26.6. The molecule has 38 heavy (non-hydrogen) atoms. The number of nitrogens with one attached hydrogen (secondary N) is 2. The van der Waals surface area contributed by atoms with Gasteiger partial charge in [-0.15, -0.1) is 5.10 Å². The van der Waals surface area contributed by atoms with Crippen LogP contribution in [0.3, 0.4) is 0 Å². The summed E-state index contributed by atoms with van der Waals surface area (Å²) in [5.41, 5.74) is 1.86. The fraction of sp³-hybridized carbons (Fsp3) is 0.600. The smallest absolute Gasteiger partial charge is 0.250 e. The molecule has 4 aliphatic heterocycles. The van der Waals surface area contributed by atoms with Gasteiger partial charge in [0.15, 0.2) is 5.82 Å². The largest absolute Gasteiger partial charge is 0.378 e. The molecule has 6 heterocycles. The van der Waals surface area contributed by atoms with Gasteiger partial charge >= 0.3 is 0 Å². The summed E-state index contributed by atoms with van der Waals surface area (Å²) in [6.07, 6.45) is 1.68. The van der Waals surface area contributed by atoms with Gasteiger partial charge in [0.05, 0.1) is 78.5 Å². The number of allylic oxidation sites excluding steroid dienone is 1. The lowest BCUT2D eigenvalue weighted by molar-refractivity contribution is -0.0606. The fourth-order valence-corrected chi connectivity index (χ4v) is 5.62. The normalized spacial score (nSPS) is 28.5. The molecule has 6 rings (SSSR count). The lowest BCUT2D eigenvalue weighted by Gasteiger charge is -2.34. The molecule has 0 spiro atoms. The maximum atomic E-state index is 15.3. The van der Waals surface area contributed by atoms with Crippen LogP contribution in [-0.2, 0) is 4.74 Å². The first-order valence-electron chi connectivity index (χ1n) is 12.9. The highest BCUT2D eigenvalue weighted by Gasteiger charge is 2.47. The Labute approximate surface area is 217 Å². The standard InChI is InChI=1S/C25H30F4N8O/c1-13-5-18(30-7-21(27)28)23-17(32-13)4-3-16(33-23)22-15(26)8-37-19(22)6-31-24(35-37)34-20-9-36(12-25(20,2)29)14-10-38-11-14/h6,8,14,18,20-21,30H,3-5,7,9-12H2,1-2H3,(H,34,35)/t18?,20-,25?/m1/s1. The topological polar surface area (TPSA) is 91.4 Å². The molecule has 2 fully saturated rings. The Kier molecular flexibility index (Phi) is 6.47. The number of aliphatic imine (C=N–C) groups is 2. The first-order valence-corrected chi connectivity index (χ1v) is 12.9. The number of anilines is 1. The molecule has 0 amide bonds. The molecular weight excluding hydrogens is 504 g/mol. The average Bonchev–Trinajstić information content (AvgIpc) is 3.30. The van der Waals surface area contributed by atoms with Crippen LogP contribution in [0.15, 0.2) is 33.8 Å². The average molecular weight is 535 g/mol. The van der Waals surface area contributed by atoms with Crippen molar-refractivity contribution in [2.45, 2.75) is 63.3 Å². The highest BCUT2D eigenvalue weighted by Crippen LogP contribution is 2.33. The molecule has 204 valence electrons. The number of likely N-dealkylation sites (tertiary alicyclic amines) is 1. The molecule has 3 atom stereocenters. The molecule has 13 heteroatoms. The van der Waals surface area contributed by atoms with Gasteiger partial charge in [-0.2, -0.15) is 0 Å². The van der Waals surface area contributed by atoms with E-state index in [1.165, 1.54) is 16.9 Å². The van der Waals surface area contributed by atoms with Crippen molar-refractivity contribution in [2.24, 2.45) is 9.98 Å². The summed E-state index contributed by atoms with van der Waals surface area (Å²) in [5, 5.41) is 10.4. The van der Waals surface area contributed by atoms with E-state index in [0.29, 0.717) is 55.9 Å². The van der Waals surface area contributed by atoms with Gasteiger partial charge in [0, 0.05) is 25.2 Å². The Morgan fingerprint density at radius 3 is 2.79 bits per heavy atom. The van der Waals surface area contributed by atoms with Crippen LogP contribution in [-0.4, -0.2) is 94.0 Å². The summed E-state index contributed by atoms with van der Waals surface area (Å²) >= 11 is 0. The van der Waals surface area contributed by atoms with E-state index < -0.39 is 36.5 Å². The van der Waals surface area contributed by atoms with Gasteiger partial charge in [0.1, 0.15) is 5.67 Å². The Morgan fingerprint density at radius 1 is 1.24 bits per heavy atom. The van der Waals surface area contributed by atoms with Crippen LogP contribution in [0.4, 0.5) is 23.5 Å². The number of hydrogen-bond donors (Lipinski definition) is 2. The monoisotopic (exact) mass is 534 g/mol. The van der Waals surface area contributed by atoms with Crippen LogP contribution in [0.2, 0.25) is 0 Å².